The van der Waals surface area contributed by atoms with Gasteiger partial charge in [-0.05, 0) is 42.3 Å². The fourth-order valence-corrected chi connectivity index (χ4v) is 3.82. The minimum absolute atomic E-state index is 0.180. The Hall–Kier alpha value is -4.01. The van der Waals surface area contributed by atoms with Gasteiger partial charge in [0.2, 0.25) is 5.88 Å². The molecule has 0 spiro atoms. The Labute approximate surface area is 182 Å². The molecule has 32 heavy (non-hydrogen) atoms. The molecule has 164 valence electrons. The Bertz CT molecular complexity index is 1240. The number of fused-ring (bicyclic) bond motifs is 4. The summed E-state index contributed by atoms with van der Waals surface area (Å²) in [5, 5.41) is 8.80. The molecule has 0 unspecified atom stereocenters. The Morgan fingerprint density at radius 3 is 2.84 bits per heavy atom. The van der Waals surface area contributed by atoms with Gasteiger partial charge < -0.3 is 24.1 Å². The van der Waals surface area contributed by atoms with Gasteiger partial charge in [-0.25, -0.2) is 9.59 Å². The fourth-order valence-electron chi connectivity index (χ4n) is 3.82. The molecule has 0 bridgehead atoms. The van der Waals surface area contributed by atoms with Crippen molar-refractivity contribution in [2.45, 2.75) is 19.1 Å². The maximum atomic E-state index is 12.6. The molecule has 2 aromatic carbocycles. The van der Waals surface area contributed by atoms with Gasteiger partial charge >= 0.3 is 11.7 Å². The Morgan fingerprint density at radius 2 is 2.00 bits per heavy atom. The van der Waals surface area contributed by atoms with Crippen molar-refractivity contribution >= 4 is 5.97 Å². The van der Waals surface area contributed by atoms with Gasteiger partial charge in [-0.3, -0.25) is 4.57 Å². The van der Waals surface area contributed by atoms with E-state index in [2.05, 4.69) is 4.98 Å². The zero-order chi connectivity index (χ0) is 22.1. The Morgan fingerprint density at radius 1 is 1.16 bits per heavy atom. The molecule has 3 heterocycles. The van der Waals surface area contributed by atoms with Crippen molar-refractivity contribution in [2.24, 2.45) is 0 Å². The van der Waals surface area contributed by atoms with Crippen LogP contribution in [0.4, 0.5) is 0 Å². The lowest BCUT2D eigenvalue weighted by molar-refractivity contribution is -0.139. The third kappa shape index (κ3) is 3.96. The normalized spacial score (nSPS) is 15.9. The number of aryl methyl sites for hydroxylation is 1. The second-order valence-corrected chi connectivity index (χ2v) is 7.47. The van der Waals surface area contributed by atoms with Gasteiger partial charge in [0.1, 0.15) is 19.0 Å². The molecule has 2 aliphatic heterocycles. The van der Waals surface area contributed by atoms with Crippen LogP contribution in [-0.2, 0) is 17.8 Å². The number of rotatable bonds is 6. The highest BCUT2D eigenvalue weighted by atomic mass is 16.6. The van der Waals surface area contributed by atoms with Crippen molar-refractivity contribution in [2.75, 3.05) is 19.8 Å². The standard InChI is InChI=1S/C23H20N2O7/c26-22(27)13-29-15-5-6-17-14(9-15)7-8-25-18(17)10-21(24-23(25)28)31-12-16-11-30-19-3-1-2-4-20(19)32-16/h1-6,9-10,16H,7-8,11-13H2,(H,26,27)/t16-/m1/s1. The van der Waals surface area contributed by atoms with Crippen LogP contribution in [0.5, 0.6) is 23.1 Å². The Kier molecular flexibility index (Phi) is 5.14. The zero-order valence-electron chi connectivity index (χ0n) is 17.0. The number of hydrogen-bond acceptors (Lipinski definition) is 7. The van der Waals surface area contributed by atoms with Crippen molar-refractivity contribution in [1.82, 2.24) is 9.55 Å². The summed E-state index contributed by atoms with van der Waals surface area (Å²) in [6.45, 7) is 0.573. The van der Waals surface area contributed by atoms with Gasteiger partial charge in [-0.2, -0.15) is 4.98 Å². The summed E-state index contributed by atoms with van der Waals surface area (Å²) in [6, 6.07) is 14.5. The van der Waals surface area contributed by atoms with Crippen molar-refractivity contribution in [3.63, 3.8) is 0 Å². The van der Waals surface area contributed by atoms with Crippen molar-refractivity contribution in [1.29, 1.82) is 0 Å². The van der Waals surface area contributed by atoms with E-state index in [0.29, 0.717) is 42.5 Å². The molecule has 0 amide bonds. The van der Waals surface area contributed by atoms with Crippen molar-refractivity contribution in [3.8, 4) is 34.4 Å². The topological polar surface area (TPSA) is 109 Å². The highest BCUT2D eigenvalue weighted by Crippen LogP contribution is 2.33. The number of hydrogen-bond donors (Lipinski definition) is 1. The predicted octanol–water partition coefficient (Wildman–Crippen LogP) is 2.15. The molecule has 1 N–H and O–H groups in total. The van der Waals surface area contributed by atoms with Gasteiger partial charge in [-0.15, -0.1) is 0 Å². The number of para-hydroxylation sites is 2. The number of aromatic nitrogens is 2. The van der Waals surface area contributed by atoms with Crippen LogP contribution in [0.3, 0.4) is 0 Å². The number of carboxylic acids is 1. The van der Waals surface area contributed by atoms with Gasteiger partial charge in [0.05, 0.1) is 5.69 Å². The minimum Gasteiger partial charge on any atom is -0.486 e. The molecule has 0 saturated carbocycles. The van der Waals surface area contributed by atoms with Crippen LogP contribution in [0.15, 0.2) is 53.3 Å². The summed E-state index contributed by atoms with van der Waals surface area (Å²) >= 11 is 0. The van der Waals surface area contributed by atoms with Gasteiger partial charge in [0.15, 0.2) is 24.2 Å². The number of ether oxygens (including phenoxy) is 4. The first kappa shape index (κ1) is 19.9. The van der Waals surface area contributed by atoms with Crippen LogP contribution >= 0.6 is 0 Å². The lowest BCUT2D eigenvalue weighted by Crippen LogP contribution is -2.35. The summed E-state index contributed by atoms with van der Waals surface area (Å²) in [4.78, 5) is 27.4. The summed E-state index contributed by atoms with van der Waals surface area (Å²) in [7, 11) is 0. The van der Waals surface area contributed by atoms with Gasteiger partial charge in [0, 0.05) is 18.2 Å². The number of carbonyl (C=O) groups is 1. The summed E-state index contributed by atoms with van der Waals surface area (Å²) in [6.07, 6.45) is 0.285. The first-order chi connectivity index (χ1) is 15.6. The SMILES string of the molecule is O=C(O)COc1ccc2c(c1)CCn1c-2cc(OC[C@H]2COc3ccccc3O2)nc1=O. The monoisotopic (exact) mass is 436 g/mol. The smallest absolute Gasteiger partial charge is 0.351 e. The van der Waals surface area contributed by atoms with Crippen LogP contribution in [0.2, 0.25) is 0 Å². The molecule has 0 saturated heterocycles. The molecule has 9 heteroatoms. The first-order valence-electron chi connectivity index (χ1n) is 10.2. The zero-order valence-corrected chi connectivity index (χ0v) is 17.0. The lowest BCUT2D eigenvalue weighted by atomic mass is 9.97. The van der Waals surface area contributed by atoms with Crippen LogP contribution in [-0.4, -0.2) is 46.6 Å². The average Bonchev–Trinajstić information content (AvgIpc) is 2.81. The van der Waals surface area contributed by atoms with E-state index in [9.17, 15) is 9.59 Å². The third-order valence-corrected chi connectivity index (χ3v) is 5.29. The molecule has 5 rings (SSSR count). The summed E-state index contributed by atoms with van der Waals surface area (Å²) in [5.41, 5.74) is 2.12. The average molecular weight is 436 g/mol. The maximum absolute atomic E-state index is 12.6. The second-order valence-electron chi connectivity index (χ2n) is 7.47. The predicted molar refractivity (Wildman–Crippen MR) is 113 cm³/mol. The number of nitrogens with zero attached hydrogens (tertiary/aromatic N) is 2. The van der Waals surface area contributed by atoms with Crippen LogP contribution in [0.25, 0.3) is 11.3 Å². The molecule has 1 atom stereocenters. The maximum Gasteiger partial charge on any atom is 0.351 e. The number of carboxylic acid groups (broad SMARTS) is 1. The fraction of sp³-hybridized carbons (Fsp3) is 0.261. The quantitative estimate of drug-likeness (QED) is 0.626. The molecule has 9 nitrogen and oxygen atoms in total. The van der Waals surface area contributed by atoms with E-state index in [1.165, 1.54) is 0 Å². The van der Waals surface area contributed by atoms with E-state index in [-0.39, 0.29) is 24.3 Å². The lowest BCUT2D eigenvalue weighted by Gasteiger charge is -2.26. The van der Waals surface area contributed by atoms with E-state index in [4.69, 9.17) is 24.1 Å². The van der Waals surface area contributed by atoms with E-state index in [1.807, 2.05) is 30.3 Å². The van der Waals surface area contributed by atoms with Crippen LogP contribution in [0.1, 0.15) is 5.56 Å². The molecule has 0 radical (unpaired) electrons. The van der Waals surface area contributed by atoms with Crippen LogP contribution < -0.4 is 24.6 Å². The number of benzene rings is 2. The first-order valence-corrected chi connectivity index (χ1v) is 10.2. The molecule has 3 aromatic rings. The molecule has 0 fully saturated rings. The van der Waals surface area contributed by atoms with E-state index < -0.39 is 12.6 Å². The second kappa shape index (κ2) is 8.26. The molecular weight excluding hydrogens is 416 g/mol. The summed E-state index contributed by atoms with van der Waals surface area (Å²) < 4.78 is 24.2. The molecule has 0 aliphatic carbocycles. The Balaban J connectivity index is 1.34. The largest absolute Gasteiger partial charge is 0.486 e. The van der Waals surface area contributed by atoms with E-state index >= 15 is 0 Å². The molecule has 1 aromatic heterocycles. The van der Waals surface area contributed by atoms with E-state index in [1.54, 1.807) is 22.8 Å². The minimum atomic E-state index is -1.04. The van der Waals surface area contributed by atoms with Crippen molar-refractivity contribution in [3.05, 3.63) is 64.6 Å². The summed E-state index contributed by atoms with van der Waals surface area (Å²) in [5.74, 6) is 0.992. The molecular formula is C23H20N2O7. The third-order valence-electron chi connectivity index (χ3n) is 5.29. The number of aliphatic carboxylic acids is 1. The van der Waals surface area contributed by atoms with E-state index in [0.717, 1.165) is 11.1 Å². The highest BCUT2D eigenvalue weighted by Gasteiger charge is 2.23. The van der Waals surface area contributed by atoms with Gasteiger partial charge in [0.25, 0.3) is 0 Å². The van der Waals surface area contributed by atoms with Crippen molar-refractivity contribution < 1.29 is 28.8 Å². The highest BCUT2D eigenvalue weighted by molar-refractivity contribution is 5.69. The van der Waals surface area contributed by atoms with Gasteiger partial charge in [-0.1, -0.05) is 12.1 Å². The molecule has 2 aliphatic rings. The van der Waals surface area contributed by atoms with Crippen LogP contribution in [0, 0.1) is 0 Å².